The van der Waals surface area contributed by atoms with Crippen molar-refractivity contribution in [1.82, 2.24) is 4.90 Å². The van der Waals surface area contributed by atoms with Crippen molar-refractivity contribution in [1.29, 1.82) is 0 Å². The lowest BCUT2D eigenvalue weighted by molar-refractivity contribution is -0.0259. The van der Waals surface area contributed by atoms with Crippen LogP contribution in [0.25, 0.3) is 0 Å². The third-order valence-electron chi connectivity index (χ3n) is 3.11. The second-order valence-corrected chi connectivity index (χ2v) is 6.54. The summed E-state index contributed by atoms with van der Waals surface area (Å²) in [6.07, 6.45) is 2.78. The molecule has 0 spiro atoms. The third-order valence-corrected chi connectivity index (χ3v) is 3.11. The summed E-state index contributed by atoms with van der Waals surface area (Å²) in [6.45, 7) is 15.7. The van der Waals surface area contributed by atoms with E-state index in [9.17, 15) is 0 Å². The monoisotopic (exact) mass is 227 g/mol. The number of nitrogens with zero attached hydrogens (tertiary/aromatic N) is 1. The molecule has 96 valence electrons. The Labute approximate surface area is 101 Å². The van der Waals surface area contributed by atoms with Gasteiger partial charge in [0.25, 0.3) is 0 Å². The van der Waals surface area contributed by atoms with Gasteiger partial charge in [-0.3, -0.25) is 0 Å². The minimum Gasteiger partial charge on any atom is -0.376 e. The smallest absolute Gasteiger partial charge is 0.0598 e. The first-order chi connectivity index (χ1) is 7.37. The highest BCUT2D eigenvalue weighted by molar-refractivity contribution is 4.72. The van der Waals surface area contributed by atoms with Crippen LogP contribution in [0.5, 0.6) is 0 Å². The lowest BCUT2D eigenvalue weighted by Gasteiger charge is -2.33. The van der Waals surface area contributed by atoms with Crippen LogP contribution in [-0.4, -0.2) is 36.7 Å². The van der Waals surface area contributed by atoms with E-state index in [1.165, 1.54) is 32.5 Å². The highest BCUT2D eigenvalue weighted by Gasteiger charge is 2.19. The molecule has 1 rings (SSSR count). The molecule has 0 aromatic rings. The fraction of sp³-hybridized carbons (Fsp3) is 1.00. The second-order valence-electron chi connectivity index (χ2n) is 6.54. The number of hydrogen-bond donors (Lipinski definition) is 0. The van der Waals surface area contributed by atoms with Gasteiger partial charge in [-0.05, 0) is 52.0 Å². The molecule has 0 saturated carbocycles. The number of likely N-dealkylation sites (tertiary alicyclic amines) is 1. The summed E-state index contributed by atoms with van der Waals surface area (Å²) < 4.78 is 5.83. The first-order valence-electron chi connectivity index (χ1n) is 6.73. The summed E-state index contributed by atoms with van der Waals surface area (Å²) in [5.74, 6) is 1.52. The largest absolute Gasteiger partial charge is 0.376 e. The SMILES string of the molecule is C[C@@H]1CCCN(C[C@@H](C)COC(C)(C)C)C1. The molecule has 1 aliphatic heterocycles. The quantitative estimate of drug-likeness (QED) is 0.731. The number of hydrogen-bond acceptors (Lipinski definition) is 2. The van der Waals surface area contributed by atoms with Crippen LogP contribution in [0.3, 0.4) is 0 Å². The van der Waals surface area contributed by atoms with E-state index in [1.54, 1.807) is 0 Å². The molecule has 0 aromatic heterocycles. The van der Waals surface area contributed by atoms with E-state index in [0.29, 0.717) is 5.92 Å². The van der Waals surface area contributed by atoms with Crippen LogP contribution < -0.4 is 0 Å². The van der Waals surface area contributed by atoms with Gasteiger partial charge in [-0.2, -0.15) is 0 Å². The molecule has 0 N–H and O–H groups in total. The zero-order chi connectivity index (χ0) is 12.2. The van der Waals surface area contributed by atoms with Gasteiger partial charge in [-0.25, -0.2) is 0 Å². The van der Waals surface area contributed by atoms with Crippen LogP contribution in [0.4, 0.5) is 0 Å². The lowest BCUT2D eigenvalue weighted by Crippen LogP contribution is -2.38. The molecule has 1 saturated heterocycles. The van der Waals surface area contributed by atoms with Gasteiger partial charge in [0.05, 0.1) is 12.2 Å². The van der Waals surface area contributed by atoms with Crippen LogP contribution in [0.1, 0.15) is 47.5 Å². The van der Waals surface area contributed by atoms with E-state index < -0.39 is 0 Å². The summed E-state index contributed by atoms with van der Waals surface area (Å²) in [5.41, 5.74) is 0.00342. The molecule has 0 aliphatic carbocycles. The maximum atomic E-state index is 5.83. The van der Waals surface area contributed by atoms with Crippen molar-refractivity contribution in [2.45, 2.75) is 53.1 Å². The molecule has 0 unspecified atom stereocenters. The Morgan fingerprint density at radius 1 is 1.38 bits per heavy atom. The highest BCUT2D eigenvalue weighted by Crippen LogP contribution is 2.17. The topological polar surface area (TPSA) is 12.5 Å². The van der Waals surface area contributed by atoms with Crippen molar-refractivity contribution in [3.05, 3.63) is 0 Å². The molecule has 0 bridgehead atoms. The van der Waals surface area contributed by atoms with Gasteiger partial charge < -0.3 is 9.64 Å². The average molecular weight is 227 g/mol. The van der Waals surface area contributed by atoms with E-state index in [2.05, 4.69) is 39.5 Å². The average Bonchev–Trinajstić information content (AvgIpc) is 2.14. The Hall–Kier alpha value is -0.0800. The minimum atomic E-state index is 0.00342. The van der Waals surface area contributed by atoms with Crippen molar-refractivity contribution in [3.63, 3.8) is 0 Å². The van der Waals surface area contributed by atoms with Crippen molar-refractivity contribution in [2.75, 3.05) is 26.2 Å². The predicted molar refractivity (Wildman–Crippen MR) is 69.7 cm³/mol. The normalized spacial score (nSPS) is 25.7. The maximum Gasteiger partial charge on any atom is 0.0598 e. The van der Waals surface area contributed by atoms with Gasteiger partial charge in [0, 0.05) is 13.1 Å². The van der Waals surface area contributed by atoms with Crippen molar-refractivity contribution >= 4 is 0 Å². The standard InChI is InChI=1S/C14H29NO/c1-12-7-6-8-15(9-12)10-13(2)11-16-14(3,4)5/h12-13H,6-11H2,1-5H3/t12-,13-/m1/s1. The summed E-state index contributed by atoms with van der Waals surface area (Å²) >= 11 is 0. The van der Waals surface area contributed by atoms with Crippen LogP contribution in [0.2, 0.25) is 0 Å². The molecule has 0 radical (unpaired) electrons. The van der Waals surface area contributed by atoms with Gasteiger partial charge in [-0.15, -0.1) is 0 Å². The maximum absolute atomic E-state index is 5.83. The van der Waals surface area contributed by atoms with Crippen LogP contribution in [-0.2, 0) is 4.74 Å². The van der Waals surface area contributed by atoms with E-state index in [-0.39, 0.29) is 5.60 Å². The Bertz CT molecular complexity index is 197. The summed E-state index contributed by atoms with van der Waals surface area (Å²) in [5, 5.41) is 0. The first-order valence-corrected chi connectivity index (χ1v) is 6.73. The van der Waals surface area contributed by atoms with E-state index in [0.717, 1.165) is 12.5 Å². The van der Waals surface area contributed by atoms with Crippen LogP contribution in [0, 0.1) is 11.8 Å². The number of rotatable bonds is 4. The second kappa shape index (κ2) is 6.02. The Morgan fingerprint density at radius 3 is 2.62 bits per heavy atom. The van der Waals surface area contributed by atoms with Crippen LogP contribution >= 0.6 is 0 Å². The van der Waals surface area contributed by atoms with Gasteiger partial charge in [0.1, 0.15) is 0 Å². The molecule has 1 aliphatic rings. The molecule has 0 amide bonds. The predicted octanol–water partition coefficient (Wildman–Crippen LogP) is 3.17. The zero-order valence-electron chi connectivity index (χ0n) is 11.8. The van der Waals surface area contributed by atoms with E-state index in [4.69, 9.17) is 4.74 Å². The molecule has 1 fully saturated rings. The fourth-order valence-corrected chi connectivity index (χ4v) is 2.34. The molecule has 1 heterocycles. The fourth-order valence-electron chi connectivity index (χ4n) is 2.34. The third kappa shape index (κ3) is 5.86. The molecule has 2 heteroatoms. The van der Waals surface area contributed by atoms with Crippen molar-refractivity contribution in [3.8, 4) is 0 Å². The lowest BCUT2D eigenvalue weighted by atomic mass is 9.99. The summed E-state index contributed by atoms with van der Waals surface area (Å²) in [7, 11) is 0. The molecular formula is C14H29NO. The highest BCUT2D eigenvalue weighted by atomic mass is 16.5. The molecule has 2 atom stereocenters. The van der Waals surface area contributed by atoms with Crippen molar-refractivity contribution in [2.24, 2.45) is 11.8 Å². The van der Waals surface area contributed by atoms with E-state index in [1.807, 2.05) is 0 Å². The van der Waals surface area contributed by atoms with Gasteiger partial charge in [0.2, 0.25) is 0 Å². The Morgan fingerprint density at radius 2 is 2.06 bits per heavy atom. The summed E-state index contributed by atoms with van der Waals surface area (Å²) in [4.78, 5) is 2.60. The van der Waals surface area contributed by atoms with E-state index >= 15 is 0 Å². The molecular weight excluding hydrogens is 198 g/mol. The molecule has 16 heavy (non-hydrogen) atoms. The van der Waals surface area contributed by atoms with Gasteiger partial charge in [-0.1, -0.05) is 13.8 Å². The summed E-state index contributed by atoms with van der Waals surface area (Å²) in [6, 6.07) is 0. The van der Waals surface area contributed by atoms with Crippen LogP contribution in [0.15, 0.2) is 0 Å². The zero-order valence-corrected chi connectivity index (χ0v) is 11.8. The Balaban J connectivity index is 2.20. The number of piperidine rings is 1. The molecule has 2 nitrogen and oxygen atoms in total. The number of ether oxygens (including phenoxy) is 1. The van der Waals surface area contributed by atoms with Crippen molar-refractivity contribution < 1.29 is 4.74 Å². The first kappa shape index (κ1) is 14.0. The van der Waals surface area contributed by atoms with Gasteiger partial charge in [0.15, 0.2) is 0 Å². The Kier molecular flexibility index (Phi) is 5.26. The van der Waals surface area contributed by atoms with Gasteiger partial charge >= 0.3 is 0 Å². The minimum absolute atomic E-state index is 0.00342. The molecule has 0 aromatic carbocycles.